The molecule has 0 spiro atoms. The second-order valence-corrected chi connectivity index (χ2v) is 5.73. The first kappa shape index (κ1) is 13.3. The lowest BCUT2D eigenvalue weighted by Gasteiger charge is -2.14. The molecule has 1 N–H and O–H groups in total. The third-order valence-electron chi connectivity index (χ3n) is 3.70. The number of fused-ring (bicyclic) bond motifs is 1. The number of benzene rings is 1. The minimum Gasteiger partial charge on any atom is -0.507 e. The van der Waals surface area contributed by atoms with Crippen LogP contribution in [0.2, 0.25) is 0 Å². The van der Waals surface area contributed by atoms with Crippen molar-refractivity contribution in [2.45, 2.75) is 40.0 Å². The molecular formula is C15H18BrNO. The molecule has 1 unspecified atom stereocenters. The lowest BCUT2D eigenvalue weighted by Crippen LogP contribution is -1.95. The molecule has 2 nitrogen and oxygen atoms in total. The summed E-state index contributed by atoms with van der Waals surface area (Å²) in [5.74, 6) is 0.829. The molecule has 3 heteroatoms. The molecule has 2 aromatic rings. The summed E-state index contributed by atoms with van der Waals surface area (Å²) in [5.41, 5.74) is 3.80. The first-order chi connectivity index (χ1) is 8.45. The molecule has 1 aromatic carbocycles. The minimum absolute atomic E-state index is 0.350. The minimum atomic E-state index is 0.350. The van der Waals surface area contributed by atoms with E-state index in [-0.39, 0.29) is 0 Å². The Morgan fingerprint density at radius 3 is 2.61 bits per heavy atom. The number of hydrogen-bond donors (Lipinski definition) is 1. The third-order valence-corrected chi connectivity index (χ3v) is 4.30. The van der Waals surface area contributed by atoms with Gasteiger partial charge in [0.25, 0.3) is 0 Å². The Bertz CT molecular complexity index is 607. The number of aromatic hydroxyl groups is 1. The number of aromatic nitrogens is 1. The summed E-state index contributed by atoms with van der Waals surface area (Å²) in [6.45, 7) is 8.19. The van der Waals surface area contributed by atoms with E-state index < -0.39 is 0 Å². The summed E-state index contributed by atoms with van der Waals surface area (Å²) < 4.78 is 0.952. The van der Waals surface area contributed by atoms with Gasteiger partial charge in [0.1, 0.15) is 5.75 Å². The van der Waals surface area contributed by atoms with Gasteiger partial charge in [0.05, 0.1) is 5.52 Å². The number of halogens is 1. The predicted octanol–water partition coefficient (Wildman–Crippen LogP) is 4.83. The van der Waals surface area contributed by atoms with Gasteiger partial charge in [0.2, 0.25) is 0 Å². The van der Waals surface area contributed by atoms with Crippen LogP contribution in [0.25, 0.3) is 10.9 Å². The van der Waals surface area contributed by atoms with Crippen LogP contribution in [0.3, 0.4) is 0 Å². The Balaban J connectivity index is 2.79. The maximum Gasteiger partial charge on any atom is 0.129 e. The Kier molecular flexibility index (Phi) is 3.62. The summed E-state index contributed by atoms with van der Waals surface area (Å²) in [6, 6.07) is 4.17. The maximum absolute atomic E-state index is 10.3. The van der Waals surface area contributed by atoms with E-state index in [0.717, 1.165) is 33.1 Å². The standard InChI is InChI=1S/C15H18BrNO/c1-5-8(2)11-6-12-14(13(16)7-11)17-10(4)9(3)15(12)18/h6-8H,5H2,1-4H3,(H,17,18). The molecule has 0 aliphatic rings. The Morgan fingerprint density at radius 1 is 1.33 bits per heavy atom. The first-order valence-electron chi connectivity index (χ1n) is 6.25. The summed E-state index contributed by atoms with van der Waals surface area (Å²) in [4.78, 5) is 4.55. The second-order valence-electron chi connectivity index (χ2n) is 4.88. The fourth-order valence-corrected chi connectivity index (χ4v) is 2.63. The van der Waals surface area contributed by atoms with Gasteiger partial charge in [-0.3, -0.25) is 4.98 Å². The molecule has 1 aromatic heterocycles. The molecule has 0 bridgehead atoms. The topological polar surface area (TPSA) is 33.1 Å². The van der Waals surface area contributed by atoms with E-state index in [1.165, 1.54) is 5.56 Å². The van der Waals surface area contributed by atoms with Crippen molar-refractivity contribution in [3.63, 3.8) is 0 Å². The van der Waals surface area contributed by atoms with Crippen LogP contribution in [-0.2, 0) is 0 Å². The van der Waals surface area contributed by atoms with Crippen molar-refractivity contribution < 1.29 is 5.11 Å². The SMILES string of the molecule is CCC(C)c1cc(Br)c2nc(C)c(C)c(O)c2c1. The Morgan fingerprint density at radius 2 is 2.00 bits per heavy atom. The molecule has 1 heterocycles. The molecule has 18 heavy (non-hydrogen) atoms. The van der Waals surface area contributed by atoms with Crippen LogP contribution >= 0.6 is 15.9 Å². The monoisotopic (exact) mass is 307 g/mol. The van der Waals surface area contributed by atoms with Gasteiger partial charge in [-0.2, -0.15) is 0 Å². The van der Waals surface area contributed by atoms with E-state index in [0.29, 0.717) is 11.7 Å². The zero-order valence-corrected chi connectivity index (χ0v) is 12.8. The van der Waals surface area contributed by atoms with Gasteiger partial charge in [0, 0.05) is 21.1 Å². The molecular weight excluding hydrogens is 290 g/mol. The molecule has 2 rings (SSSR count). The lowest BCUT2D eigenvalue weighted by atomic mass is 9.96. The van der Waals surface area contributed by atoms with Gasteiger partial charge in [-0.05, 0) is 59.8 Å². The van der Waals surface area contributed by atoms with Crippen molar-refractivity contribution in [3.05, 3.63) is 33.4 Å². The number of nitrogens with zero attached hydrogens (tertiary/aromatic N) is 1. The fraction of sp³-hybridized carbons (Fsp3) is 0.400. The highest BCUT2D eigenvalue weighted by Gasteiger charge is 2.13. The van der Waals surface area contributed by atoms with Gasteiger partial charge in [-0.25, -0.2) is 0 Å². The summed E-state index contributed by atoms with van der Waals surface area (Å²) >= 11 is 3.56. The molecule has 0 saturated carbocycles. The van der Waals surface area contributed by atoms with Crippen molar-refractivity contribution in [3.8, 4) is 5.75 Å². The largest absolute Gasteiger partial charge is 0.507 e. The third kappa shape index (κ3) is 2.12. The molecule has 0 fully saturated rings. The van der Waals surface area contributed by atoms with Crippen molar-refractivity contribution in [2.75, 3.05) is 0 Å². The van der Waals surface area contributed by atoms with Crippen molar-refractivity contribution in [1.29, 1.82) is 0 Å². The number of rotatable bonds is 2. The second kappa shape index (κ2) is 4.88. The van der Waals surface area contributed by atoms with Gasteiger partial charge >= 0.3 is 0 Å². The van der Waals surface area contributed by atoms with Gasteiger partial charge in [-0.1, -0.05) is 13.8 Å². The van der Waals surface area contributed by atoms with Crippen LogP contribution in [-0.4, -0.2) is 10.1 Å². The van der Waals surface area contributed by atoms with Crippen LogP contribution in [0.15, 0.2) is 16.6 Å². The van der Waals surface area contributed by atoms with Crippen LogP contribution in [0.1, 0.15) is 43.0 Å². The van der Waals surface area contributed by atoms with Crippen molar-refractivity contribution >= 4 is 26.8 Å². The summed E-state index contributed by atoms with van der Waals surface area (Å²) in [6.07, 6.45) is 1.08. The van der Waals surface area contributed by atoms with Crippen LogP contribution in [0.5, 0.6) is 5.75 Å². The highest BCUT2D eigenvalue weighted by Crippen LogP contribution is 2.36. The fourth-order valence-electron chi connectivity index (χ4n) is 2.06. The van der Waals surface area contributed by atoms with E-state index >= 15 is 0 Å². The Labute approximate surface area is 116 Å². The number of pyridine rings is 1. The van der Waals surface area contributed by atoms with E-state index in [9.17, 15) is 5.11 Å². The number of aryl methyl sites for hydroxylation is 1. The molecule has 0 saturated heterocycles. The average molecular weight is 308 g/mol. The van der Waals surface area contributed by atoms with Crippen LogP contribution < -0.4 is 0 Å². The summed E-state index contributed by atoms with van der Waals surface area (Å²) in [5, 5.41) is 11.1. The highest BCUT2D eigenvalue weighted by molar-refractivity contribution is 9.10. The van der Waals surface area contributed by atoms with E-state index in [1.54, 1.807) is 0 Å². The van der Waals surface area contributed by atoms with Crippen molar-refractivity contribution in [2.24, 2.45) is 0 Å². The smallest absolute Gasteiger partial charge is 0.129 e. The van der Waals surface area contributed by atoms with Crippen LogP contribution in [0.4, 0.5) is 0 Å². The first-order valence-corrected chi connectivity index (χ1v) is 7.04. The molecule has 0 aliphatic heterocycles. The van der Waals surface area contributed by atoms with Gasteiger partial charge < -0.3 is 5.11 Å². The lowest BCUT2D eigenvalue weighted by molar-refractivity contribution is 0.476. The zero-order valence-electron chi connectivity index (χ0n) is 11.2. The van der Waals surface area contributed by atoms with E-state index in [4.69, 9.17) is 0 Å². The van der Waals surface area contributed by atoms with Gasteiger partial charge in [0.15, 0.2) is 0 Å². The van der Waals surface area contributed by atoms with Crippen LogP contribution in [0, 0.1) is 13.8 Å². The molecule has 1 atom stereocenters. The molecule has 0 aliphatic carbocycles. The molecule has 0 amide bonds. The Hall–Kier alpha value is -1.09. The molecule has 96 valence electrons. The van der Waals surface area contributed by atoms with E-state index in [2.05, 4.69) is 46.9 Å². The summed E-state index contributed by atoms with van der Waals surface area (Å²) in [7, 11) is 0. The predicted molar refractivity (Wildman–Crippen MR) is 79.3 cm³/mol. The maximum atomic E-state index is 10.3. The van der Waals surface area contributed by atoms with E-state index in [1.807, 2.05) is 13.8 Å². The highest BCUT2D eigenvalue weighted by atomic mass is 79.9. The zero-order chi connectivity index (χ0) is 13.4. The van der Waals surface area contributed by atoms with Crippen molar-refractivity contribution in [1.82, 2.24) is 4.98 Å². The average Bonchev–Trinajstić information content (AvgIpc) is 2.36. The normalized spacial score (nSPS) is 12.9. The number of hydrogen-bond acceptors (Lipinski definition) is 2. The van der Waals surface area contributed by atoms with Gasteiger partial charge in [-0.15, -0.1) is 0 Å². The molecule has 0 radical (unpaired) electrons. The quantitative estimate of drug-likeness (QED) is 0.861.